The van der Waals surface area contributed by atoms with Crippen LogP contribution < -0.4 is 4.74 Å². The maximum Gasteiger partial charge on any atom is 0.119 e. The summed E-state index contributed by atoms with van der Waals surface area (Å²) in [5.74, 6) is 0.945. The molecule has 0 radical (unpaired) electrons. The number of aromatic nitrogens is 2. The first-order chi connectivity index (χ1) is 14.4. The zero-order chi connectivity index (χ0) is 20.4. The zero-order valence-electron chi connectivity index (χ0n) is 18.5. The predicted molar refractivity (Wildman–Crippen MR) is 123 cm³/mol. The molecule has 0 spiro atoms. The highest BCUT2D eigenvalue weighted by Crippen LogP contribution is 2.21. The average Bonchev–Trinajstić information content (AvgIpc) is 2.77. The van der Waals surface area contributed by atoms with Crippen LogP contribution in [0.25, 0.3) is 11.1 Å². The Morgan fingerprint density at radius 2 is 1.07 bits per heavy atom. The summed E-state index contributed by atoms with van der Waals surface area (Å²) >= 11 is 0. The Kier molecular flexibility index (Phi) is 12.9. The van der Waals surface area contributed by atoms with Gasteiger partial charge < -0.3 is 4.74 Å². The van der Waals surface area contributed by atoms with Crippen molar-refractivity contribution in [1.82, 2.24) is 9.97 Å². The van der Waals surface area contributed by atoms with Crippen LogP contribution in [0.15, 0.2) is 43.0 Å². The van der Waals surface area contributed by atoms with Gasteiger partial charge in [-0.25, -0.2) is 9.97 Å². The van der Waals surface area contributed by atoms with Crippen molar-refractivity contribution in [3.63, 3.8) is 0 Å². The van der Waals surface area contributed by atoms with Crippen molar-refractivity contribution < 1.29 is 4.74 Å². The van der Waals surface area contributed by atoms with Gasteiger partial charge in [-0.3, -0.25) is 0 Å². The molecular formula is C26H40N2O. The second kappa shape index (κ2) is 16.0. The Morgan fingerprint density at radius 3 is 1.59 bits per heavy atom. The first-order valence-corrected chi connectivity index (χ1v) is 11.9. The lowest BCUT2D eigenvalue weighted by atomic mass is 10.0. The molecular weight excluding hydrogens is 356 g/mol. The van der Waals surface area contributed by atoms with Gasteiger partial charge in [0.05, 0.1) is 6.61 Å². The number of nitrogens with zero attached hydrogens (tertiary/aromatic N) is 2. The van der Waals surface area contributed by atoms with Crippen LogP contribution in [0.2, 0.25) is 0 Å². The molecule has 2 aromatic rings. The van der Waals surface area contributed by atoms with Gasteiger partial charge in [0, 0.05) is 18.0 Å². The van der Waals surface area contributed by atoms with Gasteiger partial charge in [0.25, 0.3) is 0 Å². The smallest absolute Gasteiger partial charge is 0.119 e. The Bertz CT molecular complexity index is 612. The fourth-order valence-electron chi connectivity index (χ4n) is 3.68. The fourth-order valence-corrected chi connectivity index (χ4v) is 3.68. The maximum atomic E-state index is 5.87. The third-order valence-corrected chi connectivity index (χ3v) is 5.51. The van der Waals surface area contributed by atoms with Gasteiger partial charge in [0.2, 0.25) is 0 Å². The zero-order valence-corrected chi connectivity index (χ0v) is 18.5. The summed E-state index contributed by atoms with van der Waals surface area (Å²) in [7, 11) is 0. The molecule has 3 nitrogen and oxygen atoms in total. The summed E-state index contributed by atoms with van der Waals surface area (Å²) in [5.41, 5.74) is 2.15. The highest BCUT2D eigenvalue weighted by atomic mass is 16.5. The standard InChI is InChI=1S/C26H40N2O/c1-2-3-4-5-6-7-8-9-10-11-12-13-14-15-20-29-26-18-16-24(17-19-26)25-21-27-23-28-22-25/h16-19,21-23H,2-15,20H2,1H3. The van der Waals surface area contributed by atoms with Crippen LogP contribution >= 0.6 is 0 Å². The van der Waals surface area contributed by atoms with E-state index in [2.05, 4.69) is 29.0 Å². The van der Waals surface area contributed by atoms with Crippen LogP contribution in [-0.2, 0) is 0 Å². The van der Waals surface area contributed by atoms with Crippen molar-refractivity contribution >= 4 is 0 Å². The average molecular weight is 397 g/mol. The van der Waals surface area contributed by atoms with Gasteiger partial charge in [-0.2, -0.15) is 0 Å². The molecule has 0 saturated carbocycles. The highest BCUT2D eigenvalue weighted by Gasteiger charge is 1.99. The van der Waals surface area contributed by atoms with E-state index in [1.807, 2.05) is 24.5 Å². The monoisotopic (exact) mass is 396 g/mol. The number of ether oxygens (including phenoxy) is 1. The van der Waals surface area contributed by atoms with E-state index in [9.17, 15) is 0 Å². The molecule has 29 heavy (non-hydrogen) atoms. The van der Waals surface area contributed by atoms with Gasteiger partial charge in [-0.05, 0) is 24.1 Å². The molecule has 0 atom stereocenters. The summed E-state index contributed by atoms with van der Waals surface area (Å²) in [5, 5.41) is 0. The van der Waals surface area contributed by atoms with Crippen LogP contribution in [0.4, 0.5) is 0 Å². The van der Waals surface area contributed by atoms with Gasteiger partial charge in [0.15, 0.2) is 0 Å². The molecule has 3 heteroatoms. The van der Waals surface area contributed by atoms with Gasteiger partial charge in [-0.15, -0.1) is 0 Å². The normalized spacial score (nSPS) is 10.9. The molecule has 0 fully saturated rings. The van der Waals surface area contributed by atoms with E-state index in [4.69, 9.17) is 4.74 Å². The molecule has 0 aliphatic rings. The number of unbranched alkanes of at least 4 members (excludes halogenated alkanes) is 13. The lowest BCUT2D eigenvalue weighted by Crippen LogP contribution is -1.97. The van der Waals surface area contributed by atoms with E-state index in [1.165, 1.54) is 83.5 Å². The molecule has 0 bridgehead atoms. The lowest BCUT2D eigenvalue weighted by Gasteiger charge is -2.07. The Labute approximate surface area is 178 Å². The van der Waals surface area contributed by atoms with Gasteiger partial charge in [-0.1, -0.05) is 103 Å². The third kappa shape index (κ3) is 11.0. The summed E-state index contributed by atoms with van der Waals surface area (Å²) < 4.78 is 5.87. The van der Waals surface area contributed by atoms with E-state index < -0.39 is 0 Å². The second-order valence-electron chi connectivity index (χ2n) is 8.10. The second-order valence-corrected chi connectivity index (χ2v) is 8.10. The van der Waals surface area contributed by atoms with Crippen LogP contribution in [0.3, 0.4) is 0 Å². The van der Waals surface area contributed by atoms with Crippen molar-refractivity contribution in [3.05, 3.63) is 43.0 Å². The van der Waals surface area contributed by atoms with Crippen molar-refractivity contribution in [3.8, 4) is 16.9 Å². The fraction of sp³-hybridized carbons (Fsp3) is 0.615. The molecule has 0 amide bonds. The quantitative estimate of drug-likeness (QED) is 0.254. The molecule has 0 saturated heterocycles. The molecule has 0 aliphatic carbocycles. The minimum absolute atomic E-state index is 0.811. The van der Waals surface area contributed by atoms with E-state index in [0.29, 0.717) is 0 Å². The maximum absolute atomic E-state index is 5.87. The van der Waals surface area contributed by atoms with Crippen molar-refractivity contribution in [1.29, 1.82) is 0 Å². The van der Waals surface area contributed by atoms with Crippen molar-refractivity contribution in [2.45, 2.75) is 96.8 Å². The van der Waals surface area contributed by atoms with Crippen LogP contribution in [0, 0.1) is 0 Å². The Hall–Kier alpha value is -1.90. The highest BCUT2D eigenvalue weighted by molar-refractivity contribution is 5.62. The van der Waals surface area contributed by atoms with E-state index in [0.717, 1.165) is 29.9 Å². The summed E-state index contributed by atoms with van der Waals surface area (Å²) in [6.45, 7) is 3.10. The van der Waals surface area contributed by atoms with Crippen molar-refractivity contribution in [2.24, 2.45) is 0 Å². The number of hydrogen-bond donors (Lipinski definition) is 0. The van der Waals surface area contributed by atoms with Crippen molar-refractivity contribution in [2.75, 3.05) is 6.61 Å². The lowest BCUT2D eigenvalue weighted by molar-refractivity contribution is 0.304. The third-order valence-electron chi connectivity index (χ3n) is 5.51. The molecule has 1 aromatic heterocycles. The largest absolute Gasteiger partial charge is 0.494 e. The molecule has 160 valence electrons. The topological polar surface area (TPSA) is 35.0 Å². The Morgan fingerprint density at radius 1 is 0.586 bits per heavy atom. The minimum atomic E-state index is 0.811. The SMILES string of the molecule is CCCCCCCCCCCCCCCCOc1ccc(-c2cncnc2)cc1. The van der Waals surface area contributed by atoms with E-state index in [1.54, 1.807) is 6.33 Å². The first kappa shape index (κ1) is 23.4. The van der Waals surface area contributed by atoms with E-state index in [-0.39, 0.29) is 0 Å². The summed E-state index contributed by atoms with van der Waals surface area (Å²) in [6.07, 6.45) is 24.6. The summed E-state index contributed by atoms with van der Waals surface area (Å²) in [4.78, 5) is 8.13. The number of benzene rings is 1. The molecule has 1 heterocycles. The van der Waals surface area contributed by atoms with Gasteiger partial charge >= 0.3 is 0 Å². The van der Waals surface area contributed by atoms with Gasteiger partial charge in [0.1, 0.15) is 12.1 Å². The molecule has 2 rings (SSSR count). The predicted octanol–water partition coefficient (Wildman–Crippen LogP) is 8.00. The molecule has 0 aliphatic heterocycles. The van der Waals surface area contributed by atoms with Crippen LogP contribution in [-0.4, -0.2) is 16.6 Å². The minimum Gasteiger partial charge on any atom is -0.494 e. The summed E-state index contributed by atoms with van der Waals surface area (Å²) in [6, 6.07) is 8.21. The first-order valence-electron chi connectivity index (χ1n) is 11.9. The molecule has 0 N–H and O–H groups in total. The number of hydrogen-bond acceptors (Lipinski definition) is 3. The van der Waals surface area contributed by atoms with E-state index >= 15 is 0 Å². The molecule has 1 aromatic carbocycles. The Balaban J connectivity index is 1.39. The van der Waals surface area contributed by atoms with Crippen LogP contribution in [0.1, 0.15) is 96.8 Å². The number of rotatable bonds is 17. The van der Waals surface area contributed by atoms with Crippen LogP contribution in [0.5, 0.6) is 5.75 Å². The molecule has 0 unspecified atom stereocenters.